The summed E-state index contributed by atoms with van der Waals surface area (Å²) in [6, 6.07) is 13.7. The van der Waals surface area contributed by atoms with Crippen molar-refractivity contribution in [3.05, 3.63) is 75.8 Å². The largest absolute Gasteiger partial charge is 0.489 e. The molecule has 0 atom stereocenters. The number of nitrogens with one attached hydrogen (secondary N) is 1. The molecule has 2 heterocycles. The zero-order chi connectivity index (χ0) is 19.6. The fourth-order valence-electron chi connectivity index (χ4n) is 3.68. The Bertz CT molecular complexity index is 1040. The summed E-state index contributed by atoms with van der Waals surface area (Å²) in [5.74, 6) is 0.103. The zero-order valence-corrected chi connectivity index (χ0v) is 15.7. The van der Waals surface area contributed by atoms with E-state index < -0.39 is 5.60 Å². The molecule has 1 aromatic heterocycles. The first-order chi connectivity index (χ1) is 13.6. The maximum atomic E-state index is 14.3. The molecule has 1 N–H and O–H groups in total. The van der Waals surface area contributed by atoms with Crippen LogP contribution in [0.1, 0.15) is 24.0 Å². The molecule has 0 amide bonds. The average molecular weight is 383 g/mol. The molecule has 1 fully saturated rings. The number of pyridine rings is 1. The number of H-pyrrole nitrogens is 1. The van der Waals surface area contributed by atoms with Crippen LogP contribution in [-0.4, -0.2) is 25.3 Å². The maximum absolute atomic E-state index is 14.3. The summed E-state index contributed by atoms with van der Waals surface area (Å²) in [4.78, 5) is 14.2. The molecule has 4 rings (SSSR count). The standard InChI is InChI=1S/C22H22FNO4/c1-26-22(6-8-27-9-7-22)17-11-18(23)13-19(12-17)28-14-15-2-4-20-16(10-15)3-5-21(25)24-20/h2-5,10-13H,6-9,14H2,1H3,(H,24,25). The summed E-state index contributed by atoms with van der Waals surface area (Å²) in [5, 5.41) is 0.918. The number of aromatic nitrogens is 1. The second-order valence-electron chi connectivity index (χ2n) is 7.02. The van der Waals surface area contributed by atoms with Crippen LogP contribution in [0, 0.1) is 5.82 Å². The molecule has 28 heavy (non-hydrogen) atoms. The molecule has 0 aliphatic carbocycles. The highest BCUT2D eigenvalue weighted by Crippen LogP contribution is 2.37. The van der Waals surface area contributed by atoms with Crippen LogP contribution in [0.2, 0.25) is 0 Å². The van der Waals surface area contributed by atoms with E-state index in [0.717, 1.165) is 22.0 Å². The van der Waals surface area contributed by atoms with E-state index in [4.69, 9.17) is 14.2 Å². The fraction of sp³-hybridized carbons (Fsp3) is 0.318. The van der Waals surface area contributed by atoms with Gasteiger partial charge in [-0.3, -0.25) is 4.79 Å². The van der Waals surface area contributed by atoms with Crippen LogP contribution in [0.15, 0.2) is 53.3 Å². The van der Waals surface area contributed by atoms with Crippen LogP contribution < -0.4 is 10.3 Å². The Balaban J connectivity index is 1.56. The van der Waals surface area contributed by atoms with Gasteiger partial charge < -0.3 is 19.2 Å². The minimum atomic E-state index is -0.548. The Morgan fingerprint density at radius 3 is 2.71 bits per heavy atom. The molecule has 1 aliphatic heterocycles. The van der Waals surface area contributed by atoms with Gasteiger partial charge in [-0.15, -0.1) is 0 Å². The number of rotatable bonds is 5. The molecule has 0 radical (unpaired) electrons. The summed E-state index contributed by atoms with van der Waals surface area (Å²) in [6.45, 7) is 1.46. The molecular formula is C22H22FNO4. The Morgan fingerprint density at radius 2 is 1.93 bits per heavy atom. The number of aromatic amines is 1. The minimum Gasteiger partial charge on any atom is -0.489 e. The van der Waals surface area contributed by atoms with Crippen LogP contribution in [-0.2, 0) is 21.7 Å². The summed E-state index contributed by atoms with van der Waals surface area (Å²) >= 11 is 0. The van der Waals surface area contributed by atoms with Crippen molar-refractivity contribution in [1.82, 2.24) is 4.98 Å². The monoisotopic (exact) mass is 383 g/mol. The van der Waals surface area contributed by atoms with Crippen molar-refractivity contribution in [3.8, 4) is 5.75 Å². The Kier molecular flexibility index (Phi) is 5.15. The maximum Gasteiger partial charge on any atom is 0.248 e. The van der Waals surface area contributed by atoms with Crippen LogP contribution >= 0.6 is 0 Å². The molecular weight excluding hydrogens is 361 g/mol. The summed E-state index contributed by atoms with van der Waals surface area (Å²) < 4.78 is 31.3. The molecule has 1 aliphatic rings. The first-order valence-electron chi connectivity index (χ1n) is 9.27. The normalized spacial score (nSPS) is 16.2. The van der Waals surface area contributed by atoms with Crippen LogP contribution in [0.3, 0.4) is 0 Å². The van der Waals surface area contributed by atoms with Crippen molar-refractivity contribution in [2.24, 2.45) is 0 Å². The molecule has 3 aromatic rings. The number of hydrogen-bond donors (Lipinski definition) is 1. The van der Waals surface area contributed by atoms with Gasteiger partial charge in [-0.25, -0.2) is 4.39 Å². The number of ether oxygens (including phenoxy) is 3. The summed E-state index contributed by atoms with van der Waals surface area (Å²) in [7, 11) is 1.65. The van der Waals surface area contributed by atoms with E-state index in [2.05, 4.69) is 4.98 Å². The second kappa shape index (κ2) is 7.73. The quantitative estimate of drug-likeness (QED) is 0.726. The highest BCUT2D eigenvalue weighted by Gasteiger charge is 2.35. The summed E-state index contributed by atoms with van der Waals surface area (Å²) in [5.41, 5.74) is 1.78. The zero-order valence-electron chi connectivity index (χ0n) is 15.7. The van der Waals surface area contributed by atoms with Crippen LogP contribution in [0.25, 0.3) is 10.9 Å². The van der Waals surface area contributed by atoms with E-state index in [9.17, 15) is 9.18 Å². The van der Waals surface area contributed by atoms with Gasteiger partial charge >= 0.3 is 0 Å². The lowest BCUT2D eigenvalue weighted by atomic mass is 9.86. The van der Waals surface area contributed by atoms with E-state index in [1.54, 1.807) is 13.2 Å². The van der Waals surface area contributed by atoms with E-state index in [1.165, 1.54) is 18.2 Å². The topological polar surface area (TPSA) is 60.5 Å². The van der Waals surface area contributed by atoms with Crippen molar-refractivity contribution >= 4 is 10.9 Å². The molecule has 5 nitrogen and oxygen atoms in total. The highest BCUT2D eigenvalue weighted by molar-refractivity contribution is 5.78. The van der Waals surface area contributed by atoms with E-state index in [-0.39, 0.29) is 11.4 Å². The Morgan fingerprint density at radius 1 is 1.11 bits per heavy atom. The average Bonchev–Trinajstić information content (AvgIpc) is 2.72. The molecule has 0 bridgehead atoms. The number of methoxy groups -OCH3 is 1. The Labute approximate surface area is 162 Å². The van der Waals surface area contributed by atoms with Gasteiger partial charge in [0.15, 0.2) is 0 Å². The lowest BCUT2D eigenvalue weighted by Gasteiger charge is -2.36. The third-order valence-corrected chi connectivity index (χ3v) is 5.28. The van der Waals surface area contributed by atoms with Crippen molar-refractivity contribution in [3.63, 3.8) is 0 Å². The van der Waals surface area contributed by atoms with Gasteiger partial charge in [0.2, 0.25) is 5.56 Å². The van der Waals surface area contributed by atoms with Crippen molar-refractivity contribution < 1.29 is 18.6 Å². The third kappa shape index (κ3) is 3.79. The van der Waals surface area contributed by atoms with Crippen molar-refractivity contribution in [2.75, 3.05) is 20.3 Å². The van der Waals surface area contributed by atoms with Crippen molar-refractivity contribution in [2.45, 2.75) is 25.0 Å². The second-order valence-corrected chi connectivity index (χ2v) is 7.02. The molecule has 146 valence electrons. The minimum absolute atomic E-state index is 0.135. The number of halogens is 1. The van der Waals surface area contributed by atoms with E-state index in [0.29, 0.717) is 38.4 Å². The van der Waals surface area contributed by atoms with Gasteiger partial charge in [0.05, 0.1) is 5.60 Å². The number of hydrogen-bond acceptors (Lipinski definition) is 4. The van der Waals surface area contributed by atoms with Crippen molar-refractivity contribution in [1.29, 1.82) is 0 Å². The lowest BCUT2D eigenvalue weighted by molar-refractivity contribution is -0.0950. The molecule has 0 unspecified atom stereocenters. The first-order valence-corrected chi connectivity index (χ1v) is 9.27. The predicted octanol–water partition coefficient (Wildman–Crippen LogP) is 3.90. The SMILES string of the molecule is COC1(c2cc(F)cc(OCc3ccc4[nH]c(=O)ccc4c3)c2)CCOCC1. The fourth-order valence-corrected chi connectivity index (χ4v) is 3.68. The van der Waals surface area contributed by atoms with Gasteiger partial charge in [-0.05, 0) is 46.8 Å². The van der Waals surface area contributed by atoms with Gasteiger partial charge in [-0.1, -0.05) is 6.07 Å². The first kappa shape index (κ1) is 18.7. The van der Waals surface area contributed by atoms with E-state index >= 15 is 0 Å². The molecule has 6 heteroatoms. The van der Waals surface area contributed by atoms with Gasteiger partial charge in [-0.2, -0.15) is 0 Å². The third-order valence-electron chi connectivity index (χ3n) is 5.28. The predicted molar refractivity (Wildman–Crippen MR) is 104 cm³/mol. The number of benzene rings is 2. The smallest absolute Gasteiger partial charge is 0.248 e. The molecule has 0 spiro atoms. The highest BCUT2D eigenvalue weighted by atomic mass is 19.1. The Hall–Kier alpha value is -2.70. The molecule has 1 saturated heterocycles. The van der Waals surface area contributed by atoms with Gasteiger partial charge in [0, 0.05) is 50.8 Å². The van der Waals surface area contributed by atoms with Gasteiger partial charge in [0.1, 0.15) is 18.2 Å². The van der Waals surface area contributed by atoms with Crippen LogP contribution in [0.5, 0.6) is 5.75 Å². The van der Waals surface area contributed by atoms with E-state index in [1.807, 2.05) is 24.3 Å². The van der Waals surface area contributed by atoms with Crippen LogP contribution in [0.4, 0.5) is 4.39 Å². The lowest BCUT2D eigenvalue weighted by Crippen LogP contribution is -2.35. The summed E-state index contributed by atoms with van der Waals surface area (Å²) in [6.07, 6.45) is 1.35. The molecule has 2 aromatic carbocycles. The molecule has 0 saturated carbocycles. The van der Waals surface area contributed by atoms with Gasteiger partial charge in [0.25, 0.3) is 0 Å². The number of fused-ring (bicyclic) bond motifs is 1.